The summed E-state index contributed by atoms with van der Waals surface area (Å²) in [5.74, 6) is 0. The predicted octanol–water partition coefficient (Wildman–Crippen LogP) is 3.67. The van der Waals surface area contributed by atoms with Crippen molar-refractivity contribution in [2.24, 2.45) is 0 Å². The van der Waals surface area contributed by atoms with Gasteiger partial charge in [0.2, 0.25) is 0 Å². The van der Waals surface area contributed by atoms with Crippen molar-refractivity contribution >= 4 is 23.2 Å². The summed E-state index contributed by atoms with van der Waals surface area (Å²) in [5.41, 5.74) is 2.58. The molecule has 0 fully saturated rings. The quantitative estimate of drug-likeness (QED) is 0.852. The fraction of sp³-hybridized carbons (Fsp3) is 0.333. The van der Waals surface area contributed by atoms with Gasteiger partial charge in [0.15, 0.2) is 0 Å². The summed E-state index contributed by atoms with van der Waals surface area (Å²) in [7, 11) is 0. The third-order valence-electron chi connectivity index (χ3n) is 2.75. The molecule has 0 saturated carbocycles. The van der Waals surface area contributed by atoms with Crippen molar-refractivity contribution in [2.45, 2.75) is 18.9 Å². The lowest BCUT2D eigenvalue weighted by molar-refractivity contribution is 0.562. The summed E-state index contributed by atoms with van der Waals surface area (Å²) in [6, 6.07) is 6.44. The first kappa shape index (κ1) is 11.0. The second-order valence-corrected chi connectivity index (χ2v) is 4.74. The molecule has 1 N–H and O–H groups in total. The normalized spacial score (nSPS) is 18.9. The Hall–Kier alpha value is -0.500. The van der Waals surface area contributed by atoms with Gasteiger partial charge < -0.3 is 5.32 Å². The maximum Gasteiger partial charge on any atom is 0.0441 e. The van der Waals surface area contributed by atoms with Crippen LogP contribution >= 0.6 is 23.2 Å². The minimum atomic E-state index is 0.370. The van der Waals surface area contributed by atoms with Gasteiger partial charge in [-0.3, -0.25) is 0 Å². The summed E-state index contributed by atoms with van der Waals surface area (Å²) in [6.45, 7) is 4.32. The molecule has 80 valence electrons. The molecule has 1 aromatic rings. The van der Waals surface area contributed by atoms with E-state index in [1.165, 1.54) is 11.1 Å². The number of hydrogen-bond donors (Lipinski definition) is 1. The Morgan fingerprint density at radius 2 is 2.33 bits per heavy atom. The number of benzene rings is 1. The van der Waals surface area contributed by atoms with E-state index < -0.39 is 0 Å². The topological polar surface area (TPSA) is 12.0 Å². The number of halogens is 2. The third-order valence-corrected chi connectivity index (χ3v) is 3.24. The molecule has 0 aromatic heterocycles. The molecular weight excluding hydrogens is 229 g/mol. The van der Waals surface area contributed by atoms with Gasteiger partial charge in [-0.15, -0.1) is 0 Å². The highest BCUT2D eigenvalue weighted by atomic mass is 35.5. The molecule has 0 bridgehead atoms. The van der Waals surface area contributed by atoms with Crippen LogP contribution in [0.5, 0.6) is 0 Å². The number of hydrogen-bond acceptors (Lipinski definition) is 1. The van der Waals surface area contributed by atoms with Crippen LogP contribution in [0.2, 0.25) is 5.02 Å². The molecule has 1 aliphatic carbocycles. The van der Waals surface area contributed by atoms with Crippen LogP contribution in [0.25, 0.3) is 0 Å². The fourth-order valence-electron chi connectivity index (χ4n) is 2.06. The highest BCUT2D eigenvalue weighted by Gasteiger charge is 2.23. The molecular formula is C12H13Cl2N. The van der Waals surface area contributed by atoms with Crippen molar-refractivity contribution in [1.82, 2.24) is 5.32 Å². The van der Waals surface area contributed by atoms with Crippen molar-refractivity contribution in [3.8, 4) is 0 Å². The zero-order valence-electron chi connectivity index (χ0n) is 8.39. The maximum absolute atomic E-state index is 6.13. The average molecular weight is 242 g/mol. The fourth-order valence-corrected chi connectivity index (χ4v) is 2.41. The molecule has 0 radical (unpaired) electrons. The summed E-state index contributed by atoms with van der Waals surface area (Å²) in [4.78, 5) is 0. The van der Waals surface area contributed by atoms with Crippen molar-refractivity contribution < 1.29 is 0 Å². The van der Waals surface area contributed by atoms with Crippen LogP contribution in [0.1, 0.15) is 23.6 Å². The summed E-state index contributed by atoms with van der Waals surface area (Å²) < 4.78 is 0. The van der Waals surface area contributed by atoms with Crippen LogP contribution in [0.4, 0.5) is 0 Å². The SMILES string of the molecule is C=C(Cl)CNC1CCc2c(Cl)cccc21. The molecule has 15 heavy (non-hydrogen) atoms. The first-order valence-corrected chi connectivity index (χ1v) is 5.78. The highest BCUT2D eigenvalue weighted by Crippen LogP contribution is 2.35. The van der Waals surface area contributed by atoms with Crippen LogP contribution in [0.3, 0.4) is 0 Å². The van der Waals surface area contributed by atoms with E-state index in [1.54, 1.807) is 0 Å². The van der Waals surface area contributed by atoms with Gasteiger partial charge in [-0.05, 0) is 30.0 Å². The zero-order valence-corrected chi connectivity index (χ0v) is 9.91. The summed E-state index contributed by atoms with van der Waals surface area (Å²) in [5, 5.41) is 4.89. The number of fused-ring (bicyclic) bond motifs is 1. The van der Waals surface area contributed by atoms with Crippen molar-refractivity contribution in [1.29, 1.82) is 0 Å². The highest BCUT2D eigenvalue weighted by molar-refractivity contribution is 6.31. The van der Waals surface area contributed by atoms with E-state index in [0.717, 1.165) is 17.9 Å². The van der Waals surface area contributed by atoms with Gasteiger partial charge in [0.05, 0.1) is 0 Å². The Bertz CT molecular complexity index is 387. The Morgan fingerprint density at radius 1 is 1.53 bits per heavy atom. The van der Waals surface area contributed by atoms with Gasteiger partial charge in [-0.1, -0.05) is 41.9 Å². The largest absolute Gasteiger partial charge is 0.305 e. The van der Waals surface area contributed by atoms with E-state index in [0.29, 0.717) is 17.6 Å². The molecule has 0 aliphatic heterocycles. The first-order valence-electron chi connectivity index (χ1n) is 5.02. The van der Waals surface area contributed by atoms with Crippen LogP contribution in [-0.4, -0.2) is 6.54 Å². The van der Waals surface area contributed by atoms with Gasteiger partial charge in [0.25, 0.3) is 0 Å². The van der Waals surface area contributed by atoms with Crippen LogP contribution in [0, 0.1) is 0 Å². The molecule has 1 atom stereocenters. The lowest BCUT2D eigenvalue weighted by Gasteiger charge is -2.13. The molecule has 0 heterocycles. The van der Waals surface area contributed by atoms with E-state index in [4.69, 9.17) is 23.2 Å². The molecule has 3 heteroatoms. The second kappa shape index (κ2) is 4.56. The third kappa shape index (κ3) is 2.36. The van der Waals surface area contributed by atoms with Crippen molar-refractivity contribution in [3.63, 3.8) is 0 Å². The molecule has 0 spiro atoms. The van der Waals surface area contributed by atoms with E-state index >= 15 is 0 Å². The van der Waals surface area contributed by atoms with Crippen molar-refractivity contribution in [2.75, 3.05) is 6.54 Å². The van der Waals surface area contributed by atoms with Crippen LogP contribution in [0.15, 0.2) is 29.8 Å². The standard InChI is InChI=1S/C12H13Cl2N/c1-8(13)7-15-12-6-5-9-10(12)3-2-4-11(9)14/h2-4,12,15H,1,5-7H2. The molecule has 0 amide bonds. The molecule has 2 rings (SSSR count). The average Bonchev–Trinajstić information content (AvgIpc) is 2.59. The summed E-state index contributed by atoms with van der Waals surface area (Å²) in [6.07, 6.45) is 2.13. The molecule has 1 aromatic carbocycles. The lowest BCUT2D eigenvalue weighted by atomic mass is 10.1. The van der Waals surface area contributed by atoms with E-state index in [1.807, 2.05) is 12.1 Å². The molecule has 0 saturated heterocycles. The van der Waals surface area contributed by atoms with Gasteiger partial charge in [-0.25, -0.2) is 0 Å². The Labute approximate surface area is 100 Å². The smallest absolute Gasteiger partial charge is 0.0441 e. The lowest BCUT2D eigenvalue weighted by Crippen LogP contribution is -2.20. The van der Waals surface area contributed by atoms with E-state index in [2.05, 4.69) is 18.0 Å². The number of nitrogens with one attached hydrogen (secondary N) is 1. The minimum absolute atomic E-state index is 0.370. The van der Waals surface area contributed by atoms with Crippen LogP contribution in [-0.2, 0) is 6.42 Å². The Kier molecular flexibility index (Phi) is 3.35. The van der Waals surface area contributed by atoms with Crippen LogP contribution < -0.4 is 5.32 Å². The molecule has 1 aliphatic rings. The van der Waals surface area contributed by atoms with Gasteiger partial charge >= 0.3 is 0 Å². The zero-order chi connectivity index (χ0) is 10.8. The molecule has 1 nitrogen and oxygen atoms in total. The van der Waals surface area contributed by atoms with Crippen molar-refractivity contribution in [3.05, 3.63) is 46.0 Å². The van der Waals surface area contributed by atoms with Gasteiger partial charge in [0, 0.05) is 22.6 Å². The summed E-state index contributed by atoms with van der Waals surface area (Å²) >= 11 is 11.9. The van der Waals surface area contributed by atoms with E-state index in [-0.39, 0.29) is 0 Å². The predicted molar refractivity (Wildman–Crippen MR) is 65.5 cm³/mol. The number of rotatable bonds is 3. The minimum Gasteiger partial charge on any atom is -0.305 e. The Morgan fingerprint density at radius 3 is 3.07 bits per heavy atom. The second-order valence-electron chi connectivity index (χ2n) is 3.80. The van der Waals surface area contributed by atoms with E-state index in [9.17, 15) is 0 Å². The maximum atomic E-state index is 6.13. The first-order chi connectivity index (χ1) is 7.18. The Balaban J connectivity index is 2.14. The van der Waals surface area contributed by atoms with Gasteiger partial charge in [-0.2, -0.15) is 0 Å². The molecule has 1 unspecified atom stereocenters. The monoisotopic (exact) mass is 241 g/mol. The van der Waals surface area contributed by atoms with Gasteiger partial charge in [0.1, 0.15) is 0 Å².